The number of alkyl halides is 3. The molecule has 3 heterocycles. The van der Waals surface area contributed by atoms with Crippen LogP contribution >= 0.6 is 0 Å². The molecule has 1 fully saturated rings. The lowest BCUT2D eigenvalue weighted by Gasteiger charge is -2.26. The zero-order valence-electron chi connectivity index (χ0n) is 22.9. The average Bonchev–Trinajstić information content (AvgIpc) is 3.51. The maximum Gasteiger partial charge on any atom is 0.416 e. The molecule has 2 aromatic carbocycles. The van der Waals surface area contributed by atoms with E-state index in [9.17, 15) is 18.0 Å². The van der Waals surface area contributed by atoms with Crippen molar-refractivity contribution in [3.8, 4) is 0 Å². The zero-order valence-corrected chi connectivity index (χ0v) is 22.9. The molecular formula is C28H30F3N9O2. The predicted octanol–water partition coefficient (Wildman–Crippen LogP) is 4.78. The Labute approximate surface area is 240 Å². The van der Waals surface area contributed by atoms with Gasteiger partial charge in [-0.1, -0.05) is 12.1 Å². The van der Waals surface area contributed by atoms with E-state index in [0.29, 0.717) is 29.8 Å². The molecule has 1 saturated heterocycles. The van der Waals surface area contributed by atoms with Gasteiger partial charge in [0, 0.05) is 37.0 Å². The van der Waals surface area contributed by atoms with Crippen molar-refractivity contribution in [3.05, 3.63) is 77.9 Å². The molecule has 0 saturated carbocycles. The highest BCUT2D eigenvalue weighted by atomic mass is 19.4. The van der Waals surface area contributed by atoms with Gasteiger partial charge in [-0.3, -0.25) is 14.6 Å². The first-order chi connectivity index (χ1) is 20.3. The monoisotopic (exact) mass is 581 g/mol. The second kappa shape index (κ2) is 13.0. The van der Waals surface area contributed by atoms with Gasteiger partial charge in [0.25, 0.3) is 5.91 Å². The smallest absolute Gasteiger partial charge is 0.379 e. The molecule has 0 aliphatic carbocycles. The minimum Gasteiger partial charge on any atom is -0.379 e. The van der Waals surface area contributed by atoms with Gasteiger partial charge in [0.2, 0.25) is 5.95 Å². The van der Waals surface area contributed by atoms with E-state index in [-0.39, 0.29) is 11.3 Å². The van der Waals surface area contributed by atoms with Gasteiger partial charge in [-0.2, -0.15) is 23.3 Å². The molecule has 0 radical (unpaired) electrons. The highest BCUT2D eigenvalue weighted by Crippen LogP contribution is 2.35. The third kappa shape index (κ3) is 7.19. The molecule has 0 atom stereocenters. The number of H-pyrrole nitrogens is 1. The van der Waals surface area contributed by atoms with Crippen LogP contribution in [0.1, 0.15) is 27.9 Å². The van der Waals surface area contributed by atoms with E-state index in [1.165, 1.54) is 24.8 Å². The third-order valence-corrected chi connectivity index (χ3v) is 6.72. The summed E-state index contributed by atoms with van der Waals surface area (Å²) in [5, 5.41) is 12.7. The van der Waals surface area contributed by atoms with Gasteiger partial charge >= 0.3 is 6.18 Å². The quantitative estimate of drug-likeness (QED) is 0.227. The summed E-state index contributed by atoms with van der Waals surface area (Å²) >= 11 is 0. The van der Waals surface area contributed by atoms with Gasteiger partial charge in [0.1, 0.15) is 24.3 Å². The number of anilines is 5. The minimum atomic E-state index is -4.52. The summed E-state index contributed by atoms with van der Waals surface area (Å²) in [4.78, 5) is 30.3. The second-order valence-corrected chi connectivity index (χ2v) is 9.67. The molecule has 5 rings (SSSR count). The van der Waals surface area contributed by atoms with Gasteiger partial charge in [0.05, 0.1) is 24.5 Å². The number of rotatable bonds is 10. The lowest BCUT2D eigenvalue weighted by Crippen LogP contribution is -2.37. The maximum absolute atomic E-state index is 13.1. The number of nitrogens with zero attached hydrogens (tertiary/aromatic N) is 6. The number of ether oxygens (including phenoxy) is 1. The number of benzene rings is 2. The Morgan fingerprint density at radius 3 is 2.67 bits per heavy atom. The normalized spacial score (nSPS) is 14.0. The fraction of sp³-hybridized carbons (Fsp3) is 0.321. The number of hydrogen-bond donors (Lipinski definition) is 3. The number of hydrogen-bond acceptors (Lipinski definition) is 9. The van der Waals surface area contributed by atoms with Gasteiger partial charge in [-0.25, -0.2) is 15.1 Å². The highest BCUT2D eigenvalue weighted by molar-refractivity contribution is 6.05. The molecule has 2 aromatic heterocycles. The second-order valence-electron chi connectivity index (χ2n) is 9.67. The van der Waals surface area contributed by atoms with Gasteiger partial charge in [0.15, 0.2) is 0 Å². The molecule has 1 amide bonds. The number of aromatic amines is 1. The van der Waals surface area contributed by atoms with Crippen molar-refractivity contribution in [1.82, 2.24) is 30.0 Å². The number of halogens is 3. The molecule has 42 heavy (non-hydrogen) atoms. The molecular weight excluding hydrogens is 551 g/mol. The Hall–Kier alpha value is -4.56. The lowest BCUT2D eigenvalue weighted by atomic mass is 10.1. The summed E-state index contributed by atoms with van der Waals surface area (Å²) in [6.45, 7) is 6.90. The Morgan fingerprint density at radius 1 is 1.07 bits per heavy atom. The van der Waals surface area contributed by atoms with Crippen LogP contribution in [0, 0.1) is 6.92 Å². The minimum absolute atomic E-state index is 0.0316. The van der Waals surface area contributed by atoms with E-state index in [1.54, 1.807) is 29.2 Å². The van der Waals surface area contributed by atoms with Crippen molar-refractivity contribution in [2.75, 3.05) is 54.9 Å². The molecule has 1 aliphatic rings. The third-order valence-electron chi connectivity index (χ3n) is 6.72. The number of carbonyl (C=O) groups excluding carboxylic acids is 1. The molecule has 1 aliphatic heterocycles. The van der Waals surface area contributed by atoms with Crippen LogP contribution in [-0.4, -0.2) is 75.3 Å². The van der Waals surface area contributed by atoms with Crippen molar-refractivity contribution in [1.29, 1.82) is 0 Å². The molecule has 3 N–H and O–H groups in total. The lowest BCUT2D eigenvalue weighted by molar-refractivity contribution is -0.137. The predicted molar refractivity (Wildman–Crippen MR) is 151 cm³/mol. The average molecular weight is 582 g/mol. The molecule has 11 nitrogen and oxygen atoms in total. The first-order valence-electron chi connectivity index (χ1n) is 13.4. The first kappa shape index (κ1) is 29.0. The van der Waals surface area contributed by atoms with Crippen molar-refractivity contribution < 1.29 is 22.7 Å². The zero-order chi connectivity index (χ0) is 29.5. The summed E-state index contributed by atoms with van der Waals surface area (Å²) in [5.41, 5.74) is 0.772. The van der Waals surface area contributed by atoms with Crippen LogP contribution in [0.3, 0.4) is 0 Å². The molecule has 0 bridgehead atoms. The fourth-order valence-electron chi connectivity index (χ4n) is 4.53. The summed E-state index contributed by atoms with van der Waals surface area (Å²) < 4.78 is 44.8. The van der Waals surface area contributed by atoms with Crippen LogP contribution in [0.15, 0.2) is 61.2 Å². The Bertz CT molecular complexity index is 1490. The summed E-state index contributed by atoms with van der Waals surface area (Å²) in [6, 6.07) is 11.2. The number of carbonyl (C=O) groups is 1. The van der Waals surface area contributed by atoms with Crippen molar-refractivity contribution in [2.45, 2.75) is 19.5 Å². The number of morpholine rings is 1. The maximum atomic E-state index is 13.1. The summed E-state index contributed by atoms with van der Waals surface area (Å²) in [5.74, 6) is 0.863. The van der Waals surface area contributed by atoms with Gasteiger partial charge in [-0.05, 0) is 55.8 Å². The van der Waals surface area contributed by atoms with Crippen molar-refractivity contribution >= 4 is 34.9 Å². The fourth-order valence-corrected chi connectivity index (χ4v) is 4.53. The largest absolute Gasteiger partial charge is 0.416 e. The van der Waals surface area contributed by atoms with E-state index >= 15 is 0 Å². The standard InChI is InChI=1S/C28H30F3N9O2/c1-19-6-7-20(26(41)37-22-5-2-4-21(15-22)28(29,30)31)14-23(19)40(27-35-18-36-38-27)25-16-24(33-17-34-25)32-8-3-9-39-10-12-42-13-11-39/h2,4-7,14-18H,3,8-13H2,1H3,(H,37,41)(H,32,33,34)(H,35,36,38). The molecule has 4 aromatic rings. The summed E-state index contributed by atoms with van der Waals surface area (Å²) in [7, 11) is 0. The van der Waals surface area contributed by atoms with Crippen molar-refractivity contribution in [2.24, 2.45) is 0 Å². The SMILES string of the molecule is Cc1ccc(C(=O)Nc2cccc(C(F)(F)F)c2)cc1N(c1cc(NCCCN2CCOCC2)ncn1)c1ncn[nH]1. The number of nitrogens with one attached hydrogen (secondary N) is 3. The number of aromatic nitrogens is 5. The van der Waals surface area contributed by atoms with E-state index in [1.807, 2.05) is 6.92 Å². The topological polar surface area (TPSA) is 124 Å². The van der Waals surface area contributed by atoms with Gasteiger partial charge in [-0.15, -0.1) is 0 Å². The van der Waals surface area contributed by atoms with Gasteiger partial charge < -0.3 is 15.4 Å². The van der Waals surface area contributed by atoms with Crippen LogP contribution in [0.25, 0.3) is 0 Å². The summed E-state index contributed by atoms with van der Waals surface area (Å²) in [6.07, 6.45) is -0.812. The van der Waals surface area contributed by atoms with E-state index in [2.05, 4.69) is 40.7 Å². The molecule has 0 unspecified atom stereocenters. The van der Waals surface area contributed by atoms with Crippen LogP contribution in [0.2, 0.25) is 0 Å². The van der Waals surface area contributed by atoms with Crippen molar-refractivity contribution in [3.63, 3.8) is 0 Å². The van der Waals surface area contributed by atoms with E-state index < -0.39 is 17.6 Å². The molecule has 14 heteroatoms. The van der Waals surface area contributed by atoms with Crippen LogP contribution in [0.4, 0.5) is 42.1 Å². The molecule has 220 valence electrons. The van der Waals surface area contributed by atoms with E-state index in [4.69, 9.17) is 4.74 Å². The van der Waals surface area contributed by atoms with Crippen LogP contribution in [0.5, 0.6) is 0 Å². The Morgan fingerprint density at radius 2 is 1.90 bits per heavy atom. The number of amides is 1. The number of aryl methyl sites for hydroxylation is 1. The van der Waals surface area contributed by atoms with Crippen LogP contribution in [-0.2, 0) is 10.9 Å². The Kier molecular flexibility index (Phi) is 8.93. The highest BCUT2D eigenvalue weighted by Gasteiger charge is 2.30. The van der Waals surface area contributed by atoms with E-state index in [0.717, 1.165) is 57.0 Å². The molecule has 0 spiro atoms. The van der Waals surface area contributed by atoms with Crippen LogP contribution < -0.4 is 15.5 Å². The first-order valence-corrected chi connectivity index (χ1v) is 13.4. The Balaban J connectivity index is 1.35.